The Balaban J connectivity index is 1.93. The lowest BCUT2D eigenvalue weighted by Gasteiger charge is -2.02. The molecule has 1 aromatic carbocycles. The summed E-state index contributed by atoms with van der Waals surface area (Å²) < 4.78 is 2.67. The smallest absolute Gasteiger partial charge is 0.303 e. The van der Waals surface area contributed by atoms with E-state index >= 15 is 0 Å². The molecule has 2 heterocycles. The van der Waals surface area contributed by atoms with Gasteiger partial charge in [-0.3, -0.25) is 9.59 Å². The molecule has 23 heavy (non-hydrogen) atoms. The first-order valence-corrected chi connectivity index (χ1v) is 7.35. The van der Waals surface area contributed by atoms with Crippen molar-refractivity contribution >= 4 is 23.1 Å². The second-order valence-corrected chi connectivity index (χ2v) is 5.46. The molecule has 0 amide bonds. The fourth-order valence-corrected chi connectivity index (χ4v) is 2.37. The van der Waals surface area contributed by atoms with Crippen molar-refractivity contribution in [2.75, 3.05) is 0 Å². The van der Waals surface area contributed by atoms with E-state index in [0.29, 0.717) is 22.7 Å². The average molecular weight is 333 g/mol. The Bertz CT molecular complexity index is 915. The summed E-state index contributed by atoms with van der Waals surface area (Å²) in [5, 5.41) is 17.6. The van der Waals surface area contributed by atoms with E-state index in [1.807, 2.05) is 12.1 Å². The molecule has 0 bridgehead atoms. The standard InChI is InChI=1S/C15H13ClN4O3/c16-11-5-3-10(4-6-11)12-8-13-15(23)19(7-1-2-14(21)22)17-9-20(13)18-12/h3-6,8-9H,1-2,7H2,(H,21,22). The Labute approximate surface area is 135 Å². The molecule has 118 valence electrons. The molecule has 0 unspecified atom stereocenters. The van der Waals surface area contributed by atoms with Gasteiger partial charge in [-0.1, -0.05) is 23.7 Å². The molecule has 0 atom stereocenters. The van der Waals surface area contributed by atoms with Crippen molar-refractivity contribution in [2.24, 2.45) is 0 Å². The van der Waals surface area contributed by atoms with E-state index in [4.69, 9.17) is 16.7 Å². The summed E-state index contributed by atoms with van der Waals surface area (Å²) in [6.45, 7) is 0.253. The number of benzene rings is 1. The minimum absolute atomic E-state index is 0.00537. The number of nitrogens with zero attached hydrogens (tertiary/aromatic N) is 4. The van der Waals surface area contributed by atoms with Gasteiger partial charge in [0, 0.05) is 23.6 Å². The van der Waals surface area contributed by atoms with Crippen molar-refractivity contribution in [3.8, 4) is 11.3 Å². The third-order valence-electron chi connectivity index (χ3n) is 3.39. The molecule has 3 aromatic rings. The summed E-state index contributed by atoms with van der Waals surface area (Å²) in [5.41, 5.74) is 1.57. The van der Waals surface area contributed by atoms with Gasteiger partial charge >= 0.3 is 5.97 Å². The van der Waals surface area contributed by atoms with Crippen molar-refractivity contribution in [2.45, 2.75) is 19.4 Å². The van der Waals surface area contributed by atoms with Crippen LogP contribution in [0.5, 0.6) is 0 Å². The van der Waals surface area contributed by atoms with Crippen LogP contribution in [-0.4, -0.2) is 30.5 Å². The van der Waals surface area contributed by atoms with Gasteiger partial charge in [-0.2, -0.15) is 10.2 Å². The SMILES string of the molecule is O=C(O)CCCn1ncn2nc(-c3ccc(Cl)cc3)cc2c1=O. The zero-order valence-corrected chi connectivity index (χ0v) is 12.8. The molecule has 3 rings (SSSR count). The predicted molar refractivity (Wildman–Crippen MR) is 84.6 cm³/mol. The first-order chi connectivity index (χ1) is 11.0. The maximum Gasteiger partial charge on any atom is 0.303 e. The lowest BCUT2D eigenvalue weighted by atomic mass is 10.1. The Kier molecular flexibility index (Phi) is 4.12. The zero-order valence-electron chi connectivity index (χ0n) is 12.0. The van der Waals surface area contributed by atoms with Crippen molar-refractivity contribution in [3.63, 3.8) is 0 Å². The highest BCUT2D eigenvalue weighted by Gasteiger charge is 2.10. The molecule has 1 N–H and O–H groups in total. The van der Waals surface area contributed by atoms with Gasteiger partial charge in [0.05, 0.1) is 5.69 Å². The molecule has 8 heteroatoms. The Hall–Kier alpha value is -2.67. The van der Waals surface area contributed by atoms with Crippen molar-refractivity contribution < 1.29 is 9.90 Å². The molecule has 0 saturated heterocycles. The molecule has 0 aliphatic rings. The number of carboxylic acid groups (broad SMARTS) is 1. The van der Waals surface area contributed by atoms with Crippen LogP contribution >= 0.6 is 11.6 Å². The van der Waals surface area contributed by atoms with Crippen LogP contribution in [0.4, 0.5) is 0 Å². The van der Waals surface area contributed by atoms with Crippen molar-refractivity contribution in [1.29, 1.82) is 0 Å². The number of carboxylic acids is 1. The number of hydrogen-bond acceptors (Lipinski definition) is 4. The number of aryl methyl sites for hydroxylation is 1. The molecule has 0 fully saturated rings. The number of rotatable bonds is 5. The molecule has 2 aromatic heterocycles. The largest absolute Gasteiger partial charge is 0.481 e. The average Bonchev–Trinajstić information content (AvgIpc) is 2.95. The number of halogens is 1. The minimum atomic E-state index is -0.895. The first-order valence-electron chi connectivity index (χ1n) is 6.98. The number of hydrogen-bond donors (Lipinski definition) is 1. The summed E-state index contributed by atoms with van der Waals surface area (Å²) in [5.74, 6) is -0.895. The van der Waals surface area contributed by atoms with E-state index in [-0.39, 0.29) is 18.5 Å². The van der Waals surface area contributed by atoms with Crippen LogP contribution in [0, 0.1) is 0 Å². The molecule has 0 radical (unpaired) electrons. The van der Waals surface area contributed by atoms with Gasteiger partial charge in [-0.15, -0.1) is 0 Å². The second kappa shape index (κ2) is 6.21. The first kappa shape index (κ1) is 15.2. The van der Waals surface area contributed by atoms with Crippen LogP contribution in [0.15, 0.2) is 41.5 Å². The van der Waals surface area contributed by atoms with Crippen LogP contribution in [-0.2, 0) is 11.3 Å². The van der Waals surface area contributed by atoms with E-state index in [2.05, 4.69) is 10.2 Å². The molecular weight excluding hydrogens is 320 g/mol. The van der Waals surface area contributed by atoms with E-state index in [1.54, 1.807) is 18.2 Å². The lowest BCUT2D eigenvalue weighted by Crippen LogP contribution is -2.25. The van der Waals surface area contributed by atoms with Crippen LogP contribution in [0.25, 0.3) is 16.8 Å². The lowest BCUT2D eigenvalue weighted by molar-refractivity contribution is -0.137. The molecule has 0 aliphatic carbocycles. The summed E-state index contributed by atoms with van der Waals surface area (Å²) in [4.78, 5) is 22.9. The van der Waals surface area contributed by atoms with E-state index in [9.17, 15) is 9.59 Å². The highest BCUT2D eigenvalue weighted by molar-refractivity contribution is 6.30. The molecule has 0 saturated carbocycles. The Morgan fingerprint density at radius 2 is 2.00 bits per heavy atom. The summed E-state index contributed by atoms with van der Waals surface area (Å²) in [7, 11) is 0. The highest BCUT2D eigenvalue weighted by atomic mass is 35.5. The monoisotopic (exact) mass is 332 g/mol. The third kappa shape index (κ3) is 3.24. The van der Waals surface area contributed by atoms with Crippen LogP contribution in [0.2, 0.25) is 5.02 Å². The number of carbonyl (C=O) groups is 1. The maximum absolute atomic E-state index is 12.4. The van der Waals surface area contributed by atoms with Crippen LogP contribution < -0.4 is 5.56 Å². The van der Waals surface area contributed by atoms with Gasteiger partial charge in [0.25, 0.3) is 5.56 Å². The Morgan fingerprint density at radius 1 is 1.26 bits per heavy atom. The van der Waals surface area contributed by atoms with E-state index < -0.39 is 5.97 Å². The number of aromatic nitrogens is 4. The molecular formula is C15H13ClN4O3. The second-order valence-electron chi connectivity index (χ2n) is 5.02. The Morgan fingerprint density at radius 3 is 2.70 bits per heavy atom. The fraction of sp³-hybridized carbons (Fsp3) is 0.200. The summed E-state index contributed by atoms with van der Waals surface area (Å²) in [6.07, 6.45) is 1.78. The van der Waals surface area contributed by atoms with Crippen molar-refractivity contribution in [1.82, 2.24) is 19.4 Å². The number of fused-ring (bicyclic) bond motifs is 1. The predicted octanol–water partition coefficient (Wildman–Crippen LogP) is 2.08. The molecule has 0 aliphatic heterocycles. The van der Waals surface area contributed by atoms with Crippen LogP contribution in [0.1, 0.15) is 12.8 Å². The van der Waals surface area contributed by atoms with Crippen molar-refractivity contribution in [3.05, 3.63) is 52.0 Å². The molecule has 7 nitrogen and oxygen atoms in total. The van der Waals surface area contributed by atoms with Gasteiger partial charge in [0.2, 0.25) is 0 Å². The highest BCUT2D eigenvalue weighted by Crippen LogP contribution is 2.20. The topological polar surface area (TPSA) is 89.5 Å². The third-order valence-corrected chi connectivity index (χ3v) is 3.64. The van der Waals surface area contributed by atoms with Gasteiger partial charge in [0.1, 0.15) is 11.8 Å². The van der Waals surface area contributed by atoms with Gasteiger partial charge in [-0.25, -0.2) is 9.20 Å². The van der Waals surface area contributed by atoms with E-state index in [1.165, 1.54) is 15.5 Å². The maximum atomic E-state index is 12.4. The van der Waals surface area contributed by atoms with Gasteiger partial charge in [-0.05, 0) is 24.6 Å². The molecule has 0 spiro atoms. The quantitative estimate of drug-likeness (QED) is 0.772. The normalized spacial score (nSPS) is 11.0. The number of aliphatic carboxylic acids is 1. The van der Waals surface area contributed by atoms with Gasteiger partial charge < -0.3 is 5.11 Å². The zero-order chi connectivity index (χ0) is 16.4. The minimum Gasteiger partial charge on any atom is -0.481 e. The summed E-state index contributed by atoms with van der Waals surface area (Å²) >= 11 is 5.86. The fourth-order valence-electron chi connectivity index (χ4n) is 2.24. The summed E-state index contributed by atoms with van der Waals surface area (Å²) in [6, 6.07) is 8.83. The van der Waals surface area contributed by atoms with E-state index in [0.717, 1.165) is 5.56 Å². The van der Waals surface area contributed by atoms with Gasteiger partial charge in [0.15, 0.2) is 0 Å². The van der Waals surface area contributed by atoms with Crippen LogP contribution in [0.3, 0.4) is 0 Å².